The number of rotatable bonds is 5. The number of carbonyl (C=O) groups is 1. The van der Waals surface area contributed by atoms with Gasteiger partial charge in [0.05, 0.1) is 4.90 Å². The lowest BCUT2D eigenvalue weighted by atomic mass is 10.0. The van der Waals surface area contributed by atoms with Crippen LogP contribution in [0.25, 0.3) is 0 Å². The van der Waals surface area contributed by atoms with Crippen LogP contribution in [0, 0.1) is 0 Å². The summed E-state index contributed by atoms with van der Waals surface area (Å²) in [5, 5.41) is 6.33. The summed E-state index contributed by atoms with van der Waals surface area (Å²) in [4.78, 5) is 14.4. The number of likely N-dealkylation sites (tertiary alicyclic amines) is 1. The summed E-state index contributed by atoms with van der Waals surface area (Å²) in [5.41, 5.74) is 0.588. The smallest absolute Gasteiger partial charge is 0.321 e. The molecule has 1 aromatic carbocycles. The Kier molecular flexibility index (Phi) is 6.42. The van der Waals surface area contributed by atoms with Crippen LogP contribution in [0.15, 0.2) is 29.2 Å². The van der Waals surface area contributed by atoms with Crippen LogP contribution in [0.2, 0.25) is 0 Å². The largest absolute Gasteiger partial charge is 0.324 e. The molecule has 2 amide bonds. The van der Waals surface area contributed by atoms with E-state index in [1.165, 1.54) is 26.2 Å². The molecule has 0 saturated carbocycles. The van der Waals surface area contributed by atoms with Crippen molar-refractivity contribution in [2.45, 2.75) is 43.7 Å². The number of urea groups is 1. The third-order valence-corrected chi connectivity index (χ3v) is 6.06. The van der Waals surface area contributed by atoms with Crippen molar-refractivity contribution in [3.63, 3.8) is 0 Å². The van der Waals surface area contributed by atoms with E-state index >= 15 is 0 Å². The van der Waals surface area contributed by atoms with Crippen molar-refractivity contribution in [2.24, 2.45) is 0 Å². The van der Waals surface area contributed by atoms with Crippen LogP contribution < -0.4 is 10.6 Å². The van der Waals surface area contributed by atoms with Crippen LogP contribution >= 0.6 is 0 Å². The van der Waals surface area contributed by atoms with Gasteiger partial charge in [0.1, 0.15) is 0 Å². The number of piperidine rings is 1. The third kappa shape index (κ3) is 5.17. The van der Waals surface area contributed by atoms with Crippen LogP contribution in [0.5, 0.6) is 0 Å². The zero-order chi connectivity index (χ0) is 18.6. The van der Waals surface area contributed by atoms with Crippen molar-refractivity contribution in [1.82, 2.24) is 14.5 Å². The van der Waals surface area contributed by atoms with Crippen molar-refractivity contribution in [3.05, 3.63) is 24.3 Å². The predicted molar refractivity (Wildman–Crippen MR) is 99.2 cm³/mol. The predicted octanol–water partition coefficient (Wildman–Crippen LogP) is 1.93. The molecule has 1 heterocycles. The van der Waals surface area contributed by atoms with Crippen LogP contribution in [0.3, 0.4) is 0 Å². The number of nitrogens with zero attached hydrogens (tertiary/aromatic N) is 2. The number of carbonyl (C=O) groups excluding carboxylic acids is 1. The molecule has 140 valence electrons. The van der Waals surface area contributed by atoms with Crippen molar-refractivity contribution in [3.8, 4) is 0 Å². The van der Waals surface area contributed by atoms with Crippen molar-refractivity contribution >= 4 is 21.7 Å². The van der Waals surface area contributed by atoms with Gasteiger partial charge in [-0.25, -0.2) is 17.5 Å². The Hall–Kier alpha value is -1.64. The first kappa shape index (κ1) is 19.7. The number of nitrogens with one attached hydrogen (secondary N) is 2. The molecular formula is C17H28N4O3S. The molecule has 8 heteroatoms. The molecule has 0 aromatic heterocycles. The van der Waals surface area contributed by atoms with E-state index in [2.05, 4.69) is 24.5 Å². The van der Waals surface area contributed by atoms with E-state index in [1.54, 1.807) is 17.0 Å². The standard InChI is InChI=1S/C17H28N4O3S/c1-13(2)18-15-9-11-21(12-10-15)17(22)19-14-5-7-16(8-6-14)25(23,24)20(3)4/h5-8,13,15,18H,9-12H2,1-4H3,(H,19,22). The van der Waals surface area contributed by atoms with E-state index in [1.807, 2.05) is 0 Å². The molecule has 0 spiro atoms. The summed E-state index contributed by atoms with van der Waals surface area (Å²) in [6.45, 7) is 5.67. The van der Waals surface area contributed by atoms with E-state index in [0.717, 1.165) is 17.1 Å². The Morgan fingerprint density at radius 3 is 2.20 bits per heavy atom. The van der Waals surface area contributed by atoms with Crippen molar-refractivity contribution in [2.75, 3.05) is 32.5 Å². The normalized spacial score (nSPS) is 16.5. The SMILES string of the molecule is CC(C)NC1CCN(C(=O)Nc2ccc(S(=O)(=O)N(C)C)cc2)CC1. The average molecular weight is 369 g/mol. The summed E-state index contributed by atoms with van der Waals surface area (Å²) < 4.78 is 25.3. The fraction of sp³-hybridized carbons (Fsp3) is 0.588. The maximum atomic E-state index is 12.4. The van der Waals surface area contributed by atoms with Gasteiger partial charge < -0.3 is 15.5 Å². The molecule has 1 fully saturated rings. The molecule has 0 unspecified atom stereocenters. The molecule has 7 nitrogen and oxygen atoms in total. The van der Waals surface area contributed by atoms with Gasteiger partial charge >= 0.3 is 6.03 Å². The maximum absolute atomic E-state index is 12.4. The Morgan fingerprint density at radius 1 is 1.16 bits per heavy atom. The number of sulfonamides is 1. The fourth-order valence-electron chi connectivity index (χ4n) is 2.84. The van der Waals surface area contributed by atoms with Crippen molar-refractivity contribution < 1.29 is 13.2 Å². The summed E-state index contributed by atoms with van der Waals surface area (Å²) in [5.74, 6) is 0. The lowest BCUT2D eigenvalue weighted by Gasteiger charge is -2.33. The van der Waals surface area contributed by atoms with Crippen molar-refractivity contribution in [1.29, 1.82) is 0 Å². The quantitative estimate of drug-likeness (QED) is 0.832. The second-order valence-electron chi connectivity index (χ2n) is 6.82. The molecule has 2 N–H and O–H groups in total. The molecular weight excluding hydrogens is 340 g/mol. The summed E-state index contributed by atoms with van der Waals surface area (Å²) in [6, 6.07) is 6.99. The first-order chi connectivity index (χ1) is 11.7. The topological polar surface area (TPSA) is 81.8 Å². The Balaban J connectivity index is 1.91. The van der Waals surface area contributed by atoms with E-state index in [0.29, 0.717) is 30.9 Å². The van der Waals surface area contributed by atoms with E-state index in [4.69, 9.17) is 0 Å². The fourth-order valence-corrected chi connectivity index (χ4v) is 3.75. The molecule has 0 radical (unpaired) electrons. The lowest BCUT2D eigenvalue weighted by Crippen LogP contribution is -2.47. The Bertz CT molecular complexity index is 678. The molecule has 1 aromatic rings. The molecule has 1 aliphatic rings. The zero-order valence-corrected chi connectivity index (χ0v) is 16.1. The van der Waals surface area contributed by atoms with Gasteiger partial charge in [-0.1, -0.05) is 13.8 Å². The zero-order valence-electron chi connectivity index (χ0n) is 15.3. The average Bonchev–Trinajstić information content (AvgIpc) is 2.55. The Morgan fingerprint density at radius 2 is 1.72 bits per heavy atom. The second-order valence-corrected chi connectivity index (χ2v) is 8.98. The van der Waals surface area contributed by atoms with Gasteiger partial charge in [-0.05, 0) is 37.1 Å². The Labute approximate surface area is 150 Å². The minimum Gasteiger partial charge on any atom is -0.324 e. The number of hydrogen-bond donors (Lipinski definition) is 2. The molecule has 25 heavy (non-hydrogen) atoms. The highest BCUT2D eigenvalue weighted by Crippen LogP contribution is 2.18. The monoisotopic (exact) mass is 368 g/mol. The highest BCUT2D eigenvalue weighted by atomic mass is 32.2. The molecule has 1 saturated heterocycles. The first-order valence-corrected chi connectivity index (χ1v) is 9.98. The van der Waals surface area contributed by atoms with Gasteiger partial charge in [0.2, 0.25) is 10.0 Å². The van der Waals surface area contributed by atoms with Gasteiger partial charge in [-0.3, -0.25) is 0 Å². The highest BCUT2D eigenvalue weighted by molar-refractivity contribution is 7.89. The van der Waals surface area contributed by atoms with Crippen LogP contribution in [-0.4, -0.2) is 62.9 Å². The van der Waals surface area contributed by atoms with E-state index in [9.17, 15) is 13.2 Å². The van der Waals surface area contributed by atoms with Gasteiger partial charge in [0.25, 0.3) is 0 Å². The van der Waals surface area contributed by atoms with Crippen LogP contribution in [0.1, 0.15) is 26.7 Å². The summed E-state index contributed by atoms with van der Waals surface area (Å²) >= 11 is 0. The van der Waals surface area contributed by atoms with Gasteiger partial charge in [-0.2, -0.15) is 0 Å². The van der Waals surface area contributed by atoms with E-state index in [-0.39, 0.29) is 10.9 Å². The minimum atomic E-state index is -3.46. The van der Waals surface area contributed by atoms with Gasteiger partial charge in [0.15, 0.2) is 0 Å². The van der Waals surface area contributed by atoms with Gasteiger partial charge in [0, 0.05) is 45.0 Å². The highest BCUT2D eigenvalue weighted by Gasteiger charge is 2.23. The molecule has 1 aliphatic heterocycles. The summed E-state index contributed by atoms with van der Waals surface area (Å²) in [7, 11) is -0.478. The van der Waals surface area contributed by atoms with Gasteiger partial charge in [-0.15, -0.1) is 0 Å². The lowest BCUT2D eigenvalue weighted by molar-refractivity contribution is 0.187. The maximum Gasteiger partial charge on any atom is 0.321 e. The number of hydrogen-bond acceptors (Lipinski definition) is 4. The second kappa shape index (κ2) is 8.16. The molecule has 0 bridgehead atoms. The van der Waals surface area contributed by atoms with E-state index < -0.39 is 10.0 Å². The van der Waals surface area contributed by atoms with Crippen LogP contribution in [-0.2, 0) is 10.0 Å². The number of benzene rings is 1. The third-order valence-electron chi connectivity index (χ3n) is 4.24. The van der Waals surface area contributed by atoms with Crippen LogP contribution in [0.4, 0.5) is 10.5 Å². The summed E-state index contributed by atoms with van der Waals surface area (Å²) in [6.07, 6.45) is 1.87. The number of anilines is 1. The number of amides is 2. The molecule has 0 aliphatic carbocycles. The molecule has 2 rings (SSSR count). The molecule has 0 atom stereocenters. The minimum absolute atomic E-state index is 0.147. The first-order valence-electron chi connectivity index (χ1n) is 8.54.